The third-order valence-electron chi connectivity index (χ3n) is 3.16. The number of halogens is 1. The highest BCUT2D eigenvalue weighted by Crippen LogP contribution is 2.24. The summed E-state index contributed by atoms with van der Waals surface area (Å²) in [5.41, 5.74) is 1.84. The lowest BCUT2D eigenvalue weighted by Crippen LogP contribution is -2.30. The van der Waals surface area contributed by atoms with Gasteiger partial charge in [-0.15, -0.1) is 11.3 Å². The maximum absolute atomic E-state index is 11.9. The van der Waals surface area contributed by atoms with Gasteiger partial charge in [0.05, 0.1) is 23.4 Å². The van der Waals surface area contributed by atoms with Crippen LogP contribution in [0.2, 0.25) is 5.02 Å². The first-order valence-electron chi connectivity index (χ1n) is 7.02. The van der Waals surface area contributed by atoms with Crippen LogP contribution >= 0.6 is 22.9 Å². The number of ether oxygens (including phenoxy) is 1. The molecule has 22 heavy (non-hydrogen) atoms. The number of thiazole rings is 1. The average molecular weight is 339 g/mol. The summed E-state index contributed by atoms with van der Waals surface area (Å²) < 4.78 is 5.43. The fourth-order valence-corrected chi connectivity index (χ4v) is 3.29. The van der Waals surface area contributed by atoms with Crippen molar-refractivity contribution in [2.24, 2.45) is 0 Å². The Bertz CT molecular complexity index is 657. The van der Waals surface area contributed by atoms with Crippen LogP contribution in [0.25, 0.3) is 0 Å². The summed E-state index contributed by atoms with van der Waals surface area (Å²) >= 11 is 7.64. The fourth-order valence-electron chi connectivity index (χ4n) is 2.17. The van der Waals surface area contributed by atoms with Crippen LogP contribution in [-0.2, 0) is 16.1 Å². The molecule has 4 nitrogen and oxygen atoms in total. The molecule has 1 N–H and O–H groups in total. The summed E-state index contributed by atoms with van der Waals surface area (Å²) in [6.07, 6.45) is 0. The number of hydrogen-bond donors (Lipinski definition) is 1. The van der Waals surface area contributed by atoms with E-state index in [0.29, 0.717) is 11.6 Å². The number of rotatable bonds is 6. The molecule has 1 unspecified atom stereocenters. The highest BCUT2D eigenvalue weighted by Gasteiger charge is 2.15. The van der Waals surface area contributed by atoms with Crippen LogP contribution in [0.5, 0.6) is 0 Å². The number of carbonyl (C=O) groups excluding carboxylic acids is 1. The van der Waals surface area contributed by atoms with Crippen LogP contribution in [0, 0.1) is 13.8 Å². The number of nitrogens with one attached hydrogen (secondary N) is 1. The lowest BCUT2D eigenvalue weighted by molar-refractivity contribution is -0.126. The lowest BCUT2D eigenvalue weighted by atomic mass is 10.2. The molecule has 1 amide bonds. The first-order chi connectivity index (χ1) is 10.5. The minimum Gasteiger partial charge on any atom is -0.367 e. The Morgan fingerprint density at radius 2 is 2.14 bits per heavy atom. The van der Waals surface area contributed by atoms with Crippen molar-refractivity contribution in [2.45, 2.75) is 33.4 Å². The van der Waals surface area contributed by atoms with E-state index in [4.69, 9.17) is 16.3 Å². The molecule has 0 spiro atoms. The average Bonchev–Trinajstić information content (AvgIpc) is 2.80. The van der Waals surface area contributed by atoms with Gasteiger partial charge < -0.3 is 10.1 Å². The summed E-state index contributed by atoms with van der Waals surface area (Å²) in [6, 6.07) is 7.37. The van der Waals surface area contributed by atoms with Gasteiger partial charge in [0.15, 0.2) is 0 Å². The number of aryl methyl sites for hydroxylation is 2. The maximum Gasteiger partial charge on any atom is 0.246 e. The van der Waals surface area contributed by atoms with Crippen LogP contribution in [-0.4, -0.2) is 17.5 Å². The van der Waals surface area contributed by atoms with Gasteiger partial charge in [0, 0.05) is 9.90 Å². The largest absolute Gasteiger partial charge is 0.367 e. The monoisotopic (exact) mass is 338 g/mol. The van der Waals surface area contributed by atoms with Crippen molar-refractivity contribution in [1.82, 2.24) is 10.3 Å². The van der Waals surface area contributed by atoms with E-state index in [1.807, 2.05) is 39.0 Å². The topological polar surface area (TPSA) is 51.2 Å². The summed E-state index contributed by atoms with van der Waals surface area (Å²) in [6.45, 7) is 6.19. The number of nitrogens with zero attached hydrogens (tertiary/aromatic N) is 1. The van der Waals surface area contributed by atoms with Gasteiger partial charge in [-0.25, -0.2) is 4.98 Å². The van der Waals surface area contributed by atoms with Gasteiger partial charge >= 0.3 is 0 Å². The highest BCUT2D eigenvalue weighted by molar-refractivity contribution is 7.11. The molecule has 0 aliphatic carbocycles. The maximum atomic E-state index is 11.9. The van der Waals surface area contributed by atoms with Crippen molar-refractivity contribution in [2.75, 3.05) is 6.61 Å². The van der Waals surface area contributed by atoms with E-state index < -0.39 is 0 Å². The zero-order chi connectivity index (χ0) is 16.1. The second-order valence-corrected chi connectivity index (χ2v) is 6.70. The normalized spacial score (nSPS) is 12.2. The number of carbonyl (C=O) groups is 1. The number of benzene rings is 1. The van der Waals surface area contributed by atoms with Gasteiger partial charge in [0.1, 0.15) is 6.61 Å². The van der Waals surface area contributed by atoms with E-state index in [1.54, 1.807) is 17.4 Å². The smallest absolute Gasteiger partial charge is 0.246 e. The summed E-state index contributed by atoms with van der Waals surface area (Å²) in [5.74, 6) is -0.148. The highest BCUT2D eigenvalue weighted by atomic mass is 35.5. The molecular weight excluding hydrogens is 320 g/mol. The second kappa shape index (κ2) is 7.72. The van der Waals surface area contributed by atoms with Crippen molar-refractivity contribution in [3.8, 4) is 0 Å². The number of hydrogen-bond acceptors (Lipinski definition) is 4. The molecule has 118 valence electrons. The summed E-state index contributed by atoms with van der Waals surface area (Å²) in [5, 5.41) is 4.57. The minimum absolute atomic E-state index is 0.00635. The van der Waals surface area contributed by atoms with Gasteiger partial charge in [-0.1, -0.05) is 29.8 Å². The zero-order valence-corrected chi connectivity index (χ0v) is 14.4. The second-order valence-electron chi connectivity index (χ2n) is 5.06. The molecule has 0 radical (unpaired) electrons. The molecule has 1 heterocycles. The molecule has 0 bridgehead atoms. The predicted molar refractivity (Wildman–Crippen MR) is 89.3 cm³/mol. The van der Waals surface area contributed by atoms with Crippen LogP contribution < -0.4 is 5.32 Å². The van der Waals surface area contributed by atoms with Crippen molar-refractivity contribution in [1.29, 1.82) is 0 Å². The summed E-state index contributed by atoms with van der Waals surface area (Å²) in [4.78, 5) is 17.4. The Kier molecular flexibility index (Phi) is 5.94. The van der Waals surface area contributed by atoms with Gasteiger partial charge in [0.2, 0.25) is 5.91 Å². The Morgan fingerprint density at radius 3 is 2.77 bits per heavy atom. The Balaban J connectivity index is 1.81. The van der Waals surface area contributed by atoms with Crippen LogP contribution in [0.1, 0.15) is 34.1 Å². The first kappa shape index (κ1) is 16.9. The molecule has 2 rings (SSSR count). The molecule has 2 aromatic rings. The Morgan fingerprint density at radius 1 is 1.41 bits per heavy atom. The standard InChI is InChI=1S/C16H19ClN2O2S/c1-10-16(22-12(3)18-10)11(2)19-15(20)9-21-8-13-6-4-5-7-14(13)17/h4-7,11H,8-9H2,1-3H3,(H,19,20). The minimum atomic E-state index is -0.148. The van der Waals surface area contributed by atoms with Crippen molar-refractivity contribution >= 4 is 28.8 Å². The molecule has 0 aliphatic heterocycles. The SMILES string of the molecule is Cc1nc(C)c(C(C)NC(=O)COCc2ccccc2Cl)s1. The van der Waals surface area contributed by atoms with E-state index in [2.05, 4.69) is 10.3 Å². The summed E-state index contributed by atoms with van der Waals surface area (Å²) in [7, 11) is 0. The van der Waals surface area contributed by atoms with Gasteiger partial charge in [-0.05, 0) is 32.4 Å². The van der Waals surface area contributed by atoms with E-state index >= 15 is 0 Å². The number of aromatic nitrogens is 1. The predicted octanol–water partition coefficient (Wildman–Crippen LogP) is 3.81. The van der Waals surface area contributed by atoms with Gasteiger partial charge in [-0.3, -0.25) is 4.79 Å². The van der Waals surface area contributed by atoms with Gasteiger partial charge in [-0.2, -0.15) is 0 Å². The third kappa shape index (κ3) is 4.53. The zero-order valence-electron chi connectivity index (χ0n) is 12.9. The fraction of sp³-hybridized carbons (Fsp3) is 0.375. The lowest BCUT2D eigenvalue weighted by Gasteiger charge is -2.13. The van der Waals surface area contributed by atoms with Crippen molar-refractivity contribution < 1.29 is 9.53 Å². The third-order valence-corrected chi connectivity index (χ3v) is 4.78. The van der Waals surface area contributed by atoms with E-state index in [1.165, 1.54) is 0 Å². The molecule has 1 aromatic carbocycles. The molecular formula is C16H19ClN2O2S. The van der Waals surface area contributed by atoms with E-state index in [0.717, 1.165) is 21.1 Å². The molecule has 0 fully saturated rings. The van der Waals surface area contributed by atoms with Crippen molar-refractivity contribution in [3.63, 3.8) is 0 Å². The van der Waals surface area contributed by atoms with E-state index in [-0.39, 0.29) is 18.6 Å². The molecule has 0 aliphatic rings. The van der Waals surface area contributed by atoms with Gasteiger partial charge in [0.25, 0.3) is 0 Å². The molecule has 0 saturated heterocycles. The quantitative estimate of drug-likeness (QED) is 0.871. The molecule has 1 aromatic heterocycles. The molecule has 6 heteroatoms. The van der Waals surface area contributed by atoms with E-state index in [9.17, 15) is 4.79 Å². The van der Waals surface area contributed by atoms with Crippen LogP contribution in [0.4, 0.5) is 0 Å². The Labute approximate surface area is 139 Å². The molecule has 1 atom stereocenters. The number of amides is 1. The van der Waals surface area contributed by atoms with Crippen molar-refractivity contribution in [3.05, 3.63) is 50.4 Å². The van der Waals surface area contributed by atoms with Crippen LogP contribution in [0.3, 0.4) is 0 Å². The first-order valence-corrected chi connectivity index (χ1v) is 8.21. The van der Waals surface area contributed by atoms with Crippen LogP contribution in [0.15, 0.2) is 24.3 Å². The Hall–Kier alpha value is -1.43. The molecule has 0 saturated carbocycles.